The number of nitrogens with two attached hydrogens (primary N) is 1. The Kier molecular flexibility index (Phi) is 3.75. The van der Waals surface area contributed by atoms with Gasteiger partial charge in [0, 0.05) is 17.6 Å². The van der Waals surface area contributed by atoms with Gasteiger partial charge >= 0.3 is 0 Å². The largest absolute Gasteiger partial charge is 0.324 e. The van der Waals surface area contributed by atoms with Crippen LogP contribution in [0.25, 0.3) is 10.9 Å². The molecule has 2 N–H and O–H groups in total. The van der Waals surface area contributed by atoms with Gasteiger partial charge in [0.2, 0.25) is 0 Å². The molecule has 3 aromatic rings. The maximum Gasteiger partial charge on any atom is 0.0702 e. The fourth-order valence-electron chi connectivity index (χ4n) is 2.47. The summed E-state index contributed by atoms with van der Waals surface area (Å²) in [7, 11) is 0. The molecule has 1 atom stereocenters. The fourth-order valence-corrected chi connectivity index (χ4v) is 2.47. The van der Waals surface area contributed by atoms with E-state index in [-0.39, 0.29) is 6.04 Å². The minimum atomic E-state index is 0.0980. The normalized spacial score (nSPS) is 12.4. The molecule has 0 fully saturated rings. The number of aromatic nitrogens is 1. The van der Waals surface area contributed by atoms with Crippen LogP contribution in [0.4, 0.5) is 0 Å². The van der Waals surface area contributed by atoms with Crippen LogP contribution in [0.15, 0.2) is 66.9 Å². The monoisotopic (exact) mass is 262 g/mol. The maximum absolute atomic E-state index is 6.24. The van der Waals surface area contributed by atoms with Crippen molar-refractivity contribution in [3.8, 4) is 0 Å². The number of fused-ring (bicyclic) bond motifs is 1. The quantitative estimate of drug-likeness (QED) is 0.775. The van der Waals surface area contributed by atoms with Crippen LogP contribution in [0.2, 0.25) is 0 Å². The van der Waals surface area contributed by atoms with Crippen molar-refractivity contribution in [1.29, 1.82) is 0 Å². The van der Waals surface area contributed by atoms with Gasteiger partial charge in [0.1, 0.15) is 0 Å². The highest BCUT2D eigenvalue weighted by Gasteiger charge is 2.06. The first-order chi connectivity index (χ1) is 9.83. The lowest BCUT2D eigenvalue weighted by Crippen LogP contribution is -2.11. The summed E-state index contributed by atoms with van der Waals surface area (Å²) in [5.74, 6) is 0. The van der Waals surface area contributed by atoms with E-state index in [1.165, 1.54) is 16.5 Å². The molecule has 1 unspecified atom stereocenters. The van der Waals surface area contributed by atoms with Gasteiger partial charge in [-0.25, -0.2) is 0 Å². The molecule has 2 aromatic carbocycles. The topological polar surface area (TPSA) is 38.9 Å². The molecule has 0 aliphatic heterocycles. The summed E-state index contributed by atoms with van der Waals surface area (Å²) < 4.78 is 0. The van der Waals surface area contributed by atoms with E-state index in [9.17, 15) is 0 Å². The van der Waals surface area contributed by atoms with Crippen molar-refractivity contribution in [3.05, 3.63) is 78.0 Å². The maximum atomic E-state index is 6.24. The summed E-state index contributed by atoms with van der Waals surface area (Å²) in [4.78, 5) is 4.34. The molecule has 0 aliphatic rings. The van der Waals surface area contributed by atoms with Crippen molar-refractivity contribution in [2.75, 3.05) is 0 Å². The van der Waals surface area contributed by atoms with Gasteiger partial charge in [-0.15, -0.1) is 0 Å². The highest BCUT2D eigenvalue weighted by molar-refractivity contribution is 5.78. The second-order valence-electron chi connectivity index (χ2n) is 5.09. The smallest absolute Gasteiger partial charge is 0.0702 e. The van der Waals surface area contributed by atoms with E-state index in [1.54, 1.807) is 0 Å². The zero-order chi connectivity index (χ0) is 13.8. The van der Waals surface area contributed by atoms with E-state index < -0.39 is 0 Å². The number of nitrogens with zero attached hydrogens (tertiary/aromatic N) is 1. The second-order valence-corrected chi connectivity index (χ2v) is 5.09. The minimum Gasteiger partial charge on any atom is -0.324 e. The first-order valence-corrected chi connectivity index (χ1v) is 6.97. The van der Waals surface area contributed by atoms with Crippen molar-refractivity contribution in [2.24, 2.45) is 5.73 Å². The highest BCUT2D eigenvalue weighted by Crippen LogP contribution is 2.19. The third-order valence-electron chi connectivity index (χ3n) is 3.64. The molecule has 0 saturated carbocycles. The lowest BCUT2D eigenvalue weighted by molar-refractivity contribution is 0.652. The molecule has 2 heteroatoms. The lowest BCUT2D eigenvalue weighted by Gasteiger charge is -2.12. The molecule has 0 amide bonds. The number of hydrogen-bond donors (Lipinski definition) is 1. The van der Waals surface area contributed by atoms with Crippen LogP contribution < -0.4 is 5.73 Å². The van der Waals surface area contributed by atoms with Crippen molar-refractivity contribution in [3.63, 3.8) is 0 Å². The Labute approximate surface area is 119 Å². The van der Waals surface area contributed by atoms with Crippen LogP contribution in [0, 0.1) is 0 Å². The molecular weight excluding hydrogens is 244 g/mol. The number of aryl methyl sites for hydroxylation is 1. The van der Waals surface area contributed by atoms with Crippen LogP contribution >= 0.6 is 0 Å². The highest BCUT2D eigenvalue weighted by atomic mass is 14.6. The van der Waals surface area contributed by atoms with Gasteiger partial charge < -0.3 is 5.73 Å². The molecule has 0 radical (unpaired) electrons. The Morgan fingerprint density at radius 1 is 0.950 bits per heavy atom. The molecule has 1 heterocycles. The van der Waals surface area contributed by atoms with Crippen molar-refractivity contribution >= 4 is 10.9 Å². The fraction of sp³-hybridized carbons (Fsp3) is 0.167. The van der Waals surface area contributed by atoms with E-state index in [2.05, 4.69) is 41.4 Å². The van der Waals surface area contributed by atoms with E-state index in [1.807, 2.05) is 30.5 Å². The van der Waals surface area contributed by atoms with Gasteiger partial charge in [0.25, 0.3) is 0 Å². The number of hydrogen-bond acceptors (Lipinski definition) is 2. The molecule has 100 valence electrons. The van der Waals surface area contributed by atoms with E-state index in [0.717, 1.165) is 18.4 Å². The average Bonchev–Trinajstić information content (AvgIpc) is 2.53. The van der Waals surface area contributed by atoms with Gasteiger partial charge in [0.15, 0.2) is 0 Å². The zero-order valence-electron chi connectivity index (χ0n) is 11.4. The Morgan fingerprint density at radius 2 is 1.80 bits per heavy atom. The van der Waals surface area contributed by atoms with E-state index in [4.69, 9.17) is 5.73 Å². The SMILES string of the molecule is NC(CCc1ccc2ncccc2c1)c1ccccc1. The van der Waals surface area contributed by atoms with Gasteiger partial charge in [-0.05, 0) is 42.2 Å². The Bertz CT molecular complexity index is 692. The van der Waals surface area contributed by atoms with Crippen molar-refractivity contribution in [2.45, 2.75) is 18.9 Å². The average molecular weight is 262 g/mol. The molecule has 20 heavy (non-hydrogen) atoms. The molecule has 0 bridgehead atoms. The van der Waals surface area contributed by atoms with Crippen molar-refractivity contribution < 1.29 is 0 Å². The predicted octanol–water partition coefficient (Wildman–Crippen LogP) is 3.87. The summed E-state index contributed by atoms with van der Waals surface area (Å²) in [5.41, 5.74) is 9.81. The first kappa shape index (κ1) is 12.8. The Balaban J connectivity index is 1.70. The van der Waals surface area contributed by atoms with Crippen LogP contribution in [-0.4, -0.2) is 4.98 Å². The van der Waals surface area contributed by atoms with Gasteiger partial charge in [-0.2, -0.15) is 0 Å². The lowest BCUT2D eigenvalue weighted by atomic mass is 9.99. The summed E-state index contributed by atoms with van der Waals surface area (Å²) in [6, 6.07) is 20.9. The first-order valence-electron chi connectivity index (χ1n) is 6.97. The molecule has 0 spiro atoms. The Hall–Kier alpha value is -2.19. The van der Waals surface area contributed by atoms with Crippen LogP contribution in [0.3, 0.4) is 0 Å². The second kappa shape index (κ2) is 5.85. The number of pyridine rings is 1. The van der Waals surface area contributed by atoms with Crippen LogP contribution in [-0.2, 0) is 6.42 Å². The zero-order valence-corrected chi connectivity index (χ0v) is 11.4. The molecule has 0 aliphatic carbocycles. The van der Waals surface area contributed by atoms with Crippen LogP contribution in [0.5, 0.6) is 0 Å². The molecule has 0 saturated heterocycles. The number of benzene rings is 2. The third kappa shape index (κ3) is 2.86. The summed E-state index contributed by atoms with van der Waals surface area (Å²) in [5, 5.41) is 1.19. The van der Waals surface area contributed by atoms with E-state index in [0.29, 0.717) is 0 Å². The molecule has 1 aromatic heterocycles. The van der Waals surface area contributed by atoms with Gasteiger partial charge in [0.05, 0.1) is 5.52 Å². The van der Waals surface area contributed by atoms with Crippen LogP contribution in [0.1, 0.15) is 23.6 Å². The van der Waals surface area contributed by atoms with E-state index >= 15 is 0 Å². The predicted molar refractivity (Wildman–Crippen MR) is 83.4 cm³/mol. The number of rotatable bonds is 4. The third-order valence-corrected chi connectivity index (χ3v) is 3.64. The molecular formula is C18H18N2. The van der Waals surface area contributed by atoms with Gasteiger partial charge in [-0.3, -0.25) is 4.98 Å². The summed E-state index contributed by atoms with van der Waals surface area (Å²) in [6.07, 6.45) is 3.77. The minimum absolute atomic E-state index is 0.0980. The summed E-state index contributed by atoms with van der Waals surface area (Å²) in [6.45, 7) is 0. The Morgan fingerprint density at radius 3 is 2.65 bits per heavy atom. The summed E-state index contributed by atoms with van der Waals surface area (Å²) >= 11 is 0. The standard InChI is InChI=1S/C18H18N2/c19-17(15-5-2-1-3-6-15)10-8-14-9-11-18-16(13-14)7-4-12-20-18/h1-7,9,11-13,17H,8,10,19H2. The van der Waals surface area contributed by atoms with Crippen molar-refractivity contribution in [1.82, 2.24) is 4.98 Å². The molecule has 3 rings (SSSR count). The van der Waals surface area contributed by atoms with Gasteiger partial charge in [-0.1, -0.05) is 42.5 Å². The molecule has 2 nitrogen and oxygen atoms in total.